The smallest absolute Gasteiger partial charge is 0.0899 e. The van der Waals surface area contributed by atoms with Crippen LogP contribution in [0.25, 0.3) is 53.6 Å². The summed E-state index contributed by atoms with van der Waals surface area (Å²) in [6.45, 7) is 13.6. The number of aromatic nitrogens is 2. The number of thiophene rings is 1. The van der Waals surface area contributed by atoms with Crippen LogP contribution in [0.1, 0.15) is 52.7 Å². The molecule has 7 rings (SSSR count). The largest absolute Gasteiger partial charge is 0.306 e. The molecule has 3 aromatic heterocycles. The van der Waals surface area contributed by atoms with Gasteiger partial charge in [-0.1, -0.05) is 102 Å². The van der Waals surface area contributed by atoms with Crippen molar-refractivity contribution < 1.29 is 0 Å². The van der Waals surface area contributed by atoms with Crippen molar-refractivity contribution >= 4 is 53.6 Å². The molecular formula is C36H34N2S. The molecular weight excluding hydrogens is 492 g/mol. The predicted octanol–water partition coefficient (Wildman–Crippen LogP) is 10.5. The summed E-state index contributed by atoms with van der Waals surface area (Å²) in [6.07, 6.45) is 0. The number of fused-ring (bicyclic) bond motifs is 7. The van der Waals surface area contributed by atoms with Crippen LogP contribution < -0.4 is 0 Å². The number of para-hydroxylation sites is 2. The fourth-order valence-corrected chi connectivity index (χ4v) is 7.25. The van der Waals surface area contributed by atoms with Crippen molar-refractivity contribution in [3.8, 4) is 11.4 Å². The molecule has 0 aliphatic heterocycles. The predicted molar refractivity (Wildman–Crippen MR) is 170 cm³/mol. The number of nitrogens with zero attached hydrogens (tertiary/aromatic N) is 2. The van der Waals surface area contributed by atoms with Crippen molar-refractivity contribution in [3.05, 3.63) is 108 Å². The van der Waals surface area contributed by atoms with E-state index in [1.54, 1.807) is 0 Å². The molecule has 4 aromatic carbocycles. The Hall–Kier alpha value is -3.82. The monoisotopic (exact) mass is 526 g/mol. The lowest BCUT2D eigenvalue weighted by Gasteiger charge is -2.20. The lowest BCUT2D eigenvalue weighted by Crippen LogP contribution is -2.11. The van der Waals surface area contributed by atoms with Gasteiger partial charge in [-0.3, -0.25) is 0 Å². The molecule has 0 aliphatic carbocycles. The Kier molecular flexibility index (Phi) is 5.18. The zero-order chi connectivity index (χ0) is 27.1. The van der Waals surface area contributed by atoms with Gasteiger partial charge < -0.3 is 9.13 Å². The highest BCUT2D eigenvalue weighted by molar-refractivity contribution is 7.27. The SMILES string of the molecule is CC(C)(C)c1ccc(-n2c3ccccc3c3sc4c5ccccc5n(-c5ccc(C(C)(C)C)cc5)c4c32)cc1. The highest BCUT2D eigenvalue weighted by Crippen LogP contribution is 2.47. The van der Waals surface area contributed by atoms with Gasteiger partial charge in [0, 0.05) is 22.1 Å². The molecule has 0 unspecified atom stereocenters. The Morgan fingerprint density at radius 2 is 0.821 bits per heavy atom. The van der Waals surface area contributed by atoms with Crippen LogP contribution in [-0.4, -0.2) is 9.13 Å². The lowest BCUT2D eigenvalue weighted by atomic mass is 9.87. The molecule has 3 heteroatoms. The van der Waals surface area contributed by atoms with Crippen LogP contribution in [0.2, 0.25) is 0 Å². The van der Waals surface area contributed by atoms with E-state index in [1.165, 1.54) is 64.7 Å². The van der Waals surface area contributed by atoms with E-state index in [4.69, 9.17) is 0 Å². The van der Waals surface area contributed by atoms with Crippen LogP contribution in [0.3, 0.4) is 0 Å². The van der Waals surface area contributed by atoms with E-state index < -0.39 is 0 Å². The van der Waals surface area contributed by atoms with Crippen molar-refractivity contribution in [1.29, 1.82) is 0 Å². The molecule has 194 valence electrons. The molecule has 2 nitrogen and oxygen atoms in total. The van der Waals surface area contributed by atoms with Gasteiger partial charge in [0.1, 0.15) is 0 Å². The number of hydrogen-bond acceptors (Lipinski definition) is 1. The van der Waals surface area contributed by atoms with E-state index in [2.05, 4.69) is 148 Å². The molecule has 3 heterocycles. The zero-order valence-corrected chi connectivity index (χ0v) is 24.4. The first-order chi connectivity index (χ1) is 18.6. The number of rotatable bonds is 2. The molecule has 0 aliphatic rings. The minimum Gasteiger partial charge on any atom is -0.306 e. The minimum atomic E-state index is 0.119. The summed E-state index contributed by atoms with van der Waals surface area (Å²) < 4.78 is 7.66. The first-order valence-corrected chi connectivity index (χ1v) is 14.6. The standard InChI is InChI=1S/C36H34N2S/c1-35(2,3)23-15-19-25(20-16-23)37-29-13-9-7-11-27(29)33-31(37)32-34(39-33)28-12-8-10-14-30(28)38(32)26-21-17-24(18-22-26)36(4,5)6/h7-22H,1-6H3. The molecule has 0 spiro atoms. The Labute approximate surface area is 234 Å². The van der Waals surface area contributed by atoms with E-state index in [9.17, 15) is 0 Å². The summed E-state index contributed by atoms with van der Waals surface area (Å²) in [4.78, 5) is 0. The van der Waals surface area contributed by atoms with Crippen LogP contribution in [0.5, 0.6) is 0 Å². The molecule has 0 bridgehead atoms. The Morgan fingerprint density at radius 3 is 1.18 bits per heavy atom. The summed E-state index contributed by atoms with van der Waals surface area (Å²) in [7, 11) is 0. The maximum Gasteiger partial charge on any atom is 0.0899 e. The third-order valence-electron chi connectivity index (χ3n) is 8.07. The van der Waals surface area contributed by atoms with Crippen LogP contribution in [0, 0.1) is 0 Å². The second-order valence-electron chi connectivity index (χ2n) is 12.8. The van der Waals surface area contributed by atoms with Crippen molar-refractivity contribution in [2.24, 2.45) is 0 Å². The highest BCUT2D eigenvalue weighted by atomic mass is 32.1. The zero-order valence-electron chi connectivity index (χ0n) is 23.5. The van der Waals surface area contributed by atoms with E-state index in [0.717, 1.165) is 0 Å². The molecule has 7 aromatic rings. The summed E-state index contributed by atoms with van der Waals surface area (Å²) >= 11 is 1.92. The van der Waals surface area contributed by atoms with Crippen molar-refractivity contribution in [2.45, 2.75) is 52.4 Å². The van der Waals surface area contributed by atoms with Crippen molar-refractivity contribution in [3.63, 3.8) is 0 Å². The lowest BCUT2D eigenvalue weighted by molar-refractivity contribution is 0.590. The molecule has 0 fully saturated rings. The third kappa shape index (κ3) is 3.67. The van der Waals surface area contributed by atoms with Gasteiger partial charge in [-0.25, -0.2) is 0 Å². The van der Waals surface area contributed by atoms with E-state index in [0.29, 0.717) is 0 Å². The number of hydrogen-bond donors (Lipinski definition) is 0. The molecule has 0 saturated heterocycles. The van der Waals surface area contributed by atoms with Gasteiger partial charge in [-0.15, -0.1) is 11.3 Å². The maximum atomic E-state index is 2.48. The first kappa shape index (κ1) is 24.2. The van der Waals surface area contributed by atoms with E-state index >= 15 is 0 Å². The van der Waals surface area contributed by atoms with E-state index in [-0.39, 0.29) is 10.8 Å². The number of benzene rings is 4. The Bertz CT molecular complexity index is 1850. The van der Waals surface area contributed by atoms with E-state index in [1.807, 2.05) is 11.3 Å². The first-order valence-electron chi connectivity index (χ1n) is 13.8. The van der Waals surface area contributed by atoms with Crippen LogP contribution in [0.4, 0.5) is 0 Å². The fourth-order valence-electron chi connectivity index (χ4n) is 5.91. The summed E-state index contributed by atoms with van der Waals surface area (Å²) in [5.74, 6) is 0. The van der Waals surface area contributed by atoms with Gasteiger partial charge >= 0.3 is 0 Å². The summed E-state index contributed by atoms with van der Waals surface area (Å²) in [5, 5.41) is 2.62. The third-order valence-corrected chi connectivity index (χ3v) is 9.30. The average molecular weight is 527 g/mol. The highest BCUT2D eigenvalue weighted by Gasteiger charge is 2.24. The molecule has 0 amide bonds. The quantitative estimate of drug-likeness (QED) is 0.212. The average Bonchev–Trinajstić information content (AvgIpc) is 3.54. The van der Waals surface area contributed by atoms with Gasteiger partial charge in [0.15, 0.2) is 0 Å². The second kappa shape index (κ2) is 8.34. The van der Waals surface area contributed by atoms with Crippen molar-refractivity contribution in [2.75, 3.05) is 0 Å². The summed E-state index contributed by atoms with van der Waals surface area (Å²) in [5.41, 5.74) is 10.4. The van der Waals surface area contributed by atoms with Gasteiger partial charge in [0.05, 0.1) is 31.5 Å². The fraction of sp³-hybridized carbons (Fsp3) is 0.222. The van der Waals surface area contributed by atoms with Crippen LogP contribution in [0.15, 0.2) is 97.1 Å². The second-order valence-corrected chi connectivity index (χ2v) is 13.8. The van der Waals surface area contributed by atoms with Gasteiger partial charge in [-0.05, 0) is 58.4 Å². The molecule has 0 saturated carbocycles. The molecule has 0 atom stereocenters. The normalized spacial score (nSPS) is 12.9. The van der Waals surface area contributed by atoms with Gasteiger partial charge in [-0.2, -0.15) is 0 Å². The van der Waals surface area contributed by atoms with Crippen LogP contribution in [-0.2, 0) is 10.8 Å². The minimum absolute atomic E-state index is 0.119. The molecule has 39 heavy (non-hydrogen) atoms. The van der Waals surface area contributed by atoms with Crippen LogP contribution >= 0.6 is 11.3 Å². The topological polar surface area (TPSA) is 9.86 Å². The molecule has 0 radical (unpaired) electrons. The van der Waals surface area contributed by atoms with Gasteiger partial charge in [0.25, 0.3) is 0 Å². The van der Waals surface area contributed by atoms with Gasteiger partial charge in [0.2, 0.25) is 0 Å². The summed E-state index contributed by atoms with van der Waals surface area (Å²) in [6, 6.07) is 36.1. The molecule has 0 N–H and O–H groups in total. The van der Waals surface area contributed by atoms with Crippen molar-refractivity contribution in [1.82, 2.24) is 9.13 Å². The Balaban J connectivity index is 1.60. The Morgan fingerprint density at radius 1 is 0.462 bits per heavy atom. The maximum absolute atomic E-state index is 2.48.